The monoisotopic (exact) mass is 1300 g/mol. The molecule has 0 unspecified atom stereocenters. The lowest BCUT2D eigenvalue weighted by molar-refractivity contribution is -0.147. The van der Waals surface area contributed by atoms with E-state index in [1.54, 1.807) is 0 Å². The second-order valence-electron chi connectivity index (χ2n) is 27.3. The first-order chi connectivity index (χ1) is 39.0. The van der Waals surface area contributed by atoms with Gasteiger partial charge in [-0.25, -0.2) is 9.59 Å². The summed E-state index contributed by atoms with van der Waals surface area (Å²) >= 11 is 0. The molecule has 85 heavy (non-hydrogen) atoms. The topological polar surface area (TPSA) is 258 Å². The molecule has 2 rings (SSSR count). The smallest absolute Gasteiger partial charge is 0.407 e. The first kappa shape index (κ1) is 77.9. The summed E-state index contributed by atoms with van der Waals surface area (Å²) in [5, 5.41) is 33.8. The summed E-state index contributed by atoms with van der Waals surface area (Å²) in [5.41, 5.74) is 0.732. The predicted molar refractivity (Wildman–Crippen MR) is 344 cm³/mol. The van der Waals surface area contributed by atoms with Gasteiger partial charge >= 0.3 is 41.2 Å². The van der Waals surface area contributed by atoms with Crippen molar-refractivity contribution in [3.8, 4) is 0 Å². The van der Waals surface area contributed by atoms with Crippen molar-refractivity contribution in [2.45, 2.75) is 169 Å². The summed E-state index contributed by atoms with van der Waals surface area (Å²) in [6.07, 6.45) is 1.31. The van der Waals surface area contributed by atoms with Gasteiger partial charge in [0.25, 0.3) is 0 Å². The summed E-state index contributed by atoms with van der Waals surface area (Å²) < 4.78 is 66.6. The second kappa shape index (κ2) is 34.1. The Hall–Kier alpha value is -3.22. The van der Waals surface area contributed by atoms with E-state index in [2.05, 4.69) is 63.0 Å². The van der Waals surface area contributed by atoms with Crippen LogP contribution in [0.25, 0.3) is 0 Å². The van der Waals surface area contributed by atoms with Gasteiger partial charge in [-0.05, 0) is 129 Å². The zero-order chi connectivity index (χ0) is 64.8. The van der Waals surface area contributed by atoms with Crippen molar-refractivity contribution < 1.29 is 84.1 Å². The van der Waals surface area contributed by atoms with Crippen LogP contribution in [0.5, 0.6) is 0 Å². The highest BCUT2D eigenvalue weighted by Crippen LogP contribution is 2.33. The SMILES string of the molecule is CC(C)(CC(=O)OCCOC[Si](C)(C)O[Si](C)(C)O[Si](C)(C)COCCO)c1cccc(C(C)(C)NC(=O)OCCOC[Si](C)(C)O[Si](C)(C)O[Si](C)(C)COCCOC(=O)CC(C)(C)c2cccc(C(C)(C)NC(=O)N(CCO)CCO)c2)c1. The Labute approximate surface area is 515 Å². The van der Waals surface area contributed by atoms with Crippen molar-refractivity contribution >= 4 is 74.5 Å². The number of benzene rings is 2. The molecule has 3 amide bonds. The number of urea groups is 1. The fraction of sp³-hybridized carbons (Fsp3) is 0.724. The van der Waals surface area contributed by atoms with E-state index in [0.717, 1.165) is 22.3 Å². The van der Waals surface area contributed by atoms with E-state index in [1.165, 1.54) is 4.90 Å². The van der Waals surface area contributed by atoms with E-state index in [0.29, 0.717) is 24.9 Å². The minimum atomic E-state index is -2.65. The number of rotatable bonds is 41. The van der Waals surface area contributed by atoms with Gasteiger partial charge in [0.15, 0.2) is 0 Å². The molecule has 0 saturated carbocycles. The highest BCUT2D eigenvalue weighted by Gasteiger charge is 2.42. The van der Waals surface area contributed by atoms with E-state index < -0.39 is 84.4 Å². The van der Waals surface area contributed by atoms with Crippen LogP contribution in [0.3, 0.4) is 0 Å². The number of ether oxygens (including phenoxy) is 7. The molecule has 2 aromatic rings. The maximum atomic E-state index is 13.1. The molecule has 488 valence electrons. The van der Waals surface area contributed by atoms with Gasteiger partial charge in [0, 0.05) is 23.9 Å². The van der Waals surface area contributed by atoms with E-state index in [1.807, 2.05) is 130 Å². The van der Waals surface area contributed by atoms with Crippen LogP contribution in [-0.2, 0) is 81.1 Å². The van der Waals surface area contributed by atoms with Crippen molar-refractivity contribution in [2.24, 2.45) is 0 Å². The van der Waals surface area contributed by atoms with Crippen LogP contribution < -0.4 is 10.6 Å². The number of hydrogen-bond acceptors (Lipinski definition) is 18. The number of aliphatic hydroxyl groups is 3. The number of esters is 2. The summed E-state index contributed by atoms with van der Waals surface area (Å²) in [5.74, 6) is -0.709. The van der Waals surface area contributed by atoms with Crippen molar-refractivity contribution in [1.29, 1.82) is 0 Å². The molecule has 2 aromatic carbocycles. The molecule has 0 fully saturated rings. The fourth-order valence-corrected chi connectivity index (χ4v) is 35.7. The lowest BCUT2D eigenvalue weighted by Crippen LogP contribution is -2.55. The molecule has 5 N–H and O–H groups in total. The molecule has 21 nitrogen and oxygen atoms in total. The van der Waals surface area contributed by atoms with E-state index in [4.69, 9.17) is 54.7 Å². The van der Waals surface area contributed by atoms with Crippen LogP contribution in [-0.4, -0.2) is 199 Å². The quantitative estimate of drug-likeness (QED) is 0.0181. The van der Waals surface area contributed by atoms with Gasteiger partial charge in [-0.2, -0.15) is 0 Å². The number of aliphatic hydroxyl groups excluding tert-OH is 3. The Kier molecular flexibility index (Phi) is 31.2. The third-order valence-corrected chi connectivity index (χ3v) is 33.6. The molecule has 0 aromatic heterocycles. The summed E-state index contributed by atoms with van der Waals surface area (Å²) in [6, 6.07) is 15.1. The molecule has 27 heteroatoms. The third kappa shape index (κ3) is 30.7. The maximum Gasteiger partial charge on any atom is 0.407 e. The first-order valence-electron chi connectivity index (χ1n) is 29.5. The van der Waals surface area contributed by atoms with Gasteiger partial charge in [0.2, 0.25) is 33.3 Å². The molecule has 0 spiro atoms. The van der Waals surface area contributed by atoms with Gasteiger partial charge in [0.1, 0.15) is 19.8 Å². The first-order valence-corrected chi connectivity index (χ1v) is 47.6. The standard InChI is InChI=1S/C58H109N3O18Si6/c1-55(2,47-23-21-25-49(39-47)57(5,6)59-53(67)61(27-29-62)28-30-63)41-51(65)73-36-33-71-45-82(13,14)78-85(19,20)79-83(15,16)46-72-35-38-75-54(68)60-58(7,8)50-26-22-24-48(40-50)56(3,4)42-52(66)74-37-34-70-44-81(11,12)77-84(17,18)76-80(9,10)43-69-32-31-64/h21-26,39-40,62-64H,27-38,41-46H2,1-20H3,(H,59,67)(H,60,68). The highest BCUT2D eigenvalue weighted by molar-refractivity contribution is 6.88. The normalized spacial score (nSPS) is 13.4. The fourth-order valence-electron chi connectivity index (χ4n) is 9.80. The minimum absolute atomic E-state index is 0.0255. The van der Waals surface area contributed by atoms with Gasteiger partial charge < -0.3 is 80.5 Å². The number of nitrogens with one attached hydrogen (secondary N) is 2. The van der Waals surface area contributed by atoms with Crippen molar-refractivity contribution in [2.75, 3.05) is 104 Å². The second-order valence-corrected chi connectivity index (χ2v) is 51.4. The van der Waals surface area contributed by atoms with Gasteiger partial charge in [-0.3, -0.25) is 9.59 Å². The summed E-state index contributed by atoms with van der Waals surface area (Å²) in [4.78, 5) is 53.5. The Morgan fingerprint density at radius 3 is 1.09 bits per heavy atom. The van der Waals surface area contributed by atoms with Crippen molar-refractivity contribution in [3.05, 3.63) is 70.8 Å². The number of alkyl carbamates (subject to hydrolysis) is 1. The minimum Gasteiger partial charge on any atom is -0.463 e. The zero-order valence-corrected chi connectivity index (χ0v) is 61.3. The molecule has 0 bridgehead atoms. The van der Waals surface area contributed by atoms with Gasteiger partial charge in [-0.15, -0.1) is 0 Å². The Balaban J connectivity index is 1.77. The maximum absolute atomic E-state index is 13.1. The third-order valence-electron chi connectivity index (χ3n) is 13.3. The molecule has 0 aliphatic rings. The van der Waals surface area contributed by atoms with E-state index in [9.17, 15) is 29.4 Å². The van der Waals surface area contributed by atoms with Crippen LogP contribution in [0.4, 0.5) is 9.59 Å². The van der Waals surface area contributed by atoms with Gasteiger partial charge in [0.05, 0.1) is 95.1 Å². The molecule has 0 heterocycles. The van der Waals surface area contributed by atoms with Crippen LogP contribution in [0.2, 0.25) is 78.6 Å². The number of amides is 3. The summed E-state index contributed by atoms with van der Waals surface area (Å²) in [7, 11) is -14.3. The predicted octanol–water partition coefficient (Wildman–Crippen LogP) is 8.51. The average molecular weight is 1310 g/mol. The molecule has 0 radical (unpaired) electrons. The number of hydrogen-bond donors (Lipinski definition) is 5. The molecular formula is C58H109N3O18Si6. The molecule has 0 aliphatic heterocycles. The van der Waals surface area contributed by atoms with E-state index >= 15 is 0 Å². The lowest BCUT2D eigenvalue weighted by atomic mass is 9.79. The van der Waals surface area contributed by atoms with Crippen LogP contribution in [0, 0.1) is 0 Å². The van der Waals surface area contributed by atoms with Crippen LogP contribution >= 0.6 is 0 Å². The summed E-state index contributed by atoms with van der Waals surface area (Å²) in [6.45, 7) is 41.0. The Bertz CT molecular complexity index is 2380. The lowest BCUT2D eigenvalue weighted by Gasteiger charge is -2.38. The average Bonchev–Trinajstić information content (AvgIpc) is 3.55. The van der Waals surface area contributed by atoms with Crippen LogP contribution in [0.15, 0.2) is 48.5 Å². The van der Waals surface area contributed by atoms with Crippen molar-refractivity contribution in [1.82, 2.24) is 15.5 Å². The van der Waals surface area contributed by atoms with Crippen LogP contribution in [0.1, 0.15) is 90.5 Å². The highest BCUT2D eigenvalue weighted by atomic mass is 28.5. The number of carbonyl (C=O) groups excluding carboxylic acids is 4. The molecular weight excluding hydrogens is 1200 g/mol. The zero-order valence-electron chi connectivity index (χ0n) is 55.3. The molecule has 0 atom stereocenters. The molecule has 0 saturated heterocycles. The Morgan fingerprint density at radius 1 is 0.435 bits per heavy atom. The molecule has 0 aliphatic carbocycles. The van der Waals surface area contributed by atoms with E-state index in [-0.39, 0.29) is 104 Å². The van der Waals surface area contributed by atoms with Gasteiger partial charge in [-0.1, -0.05) is 76.2 Å². The number of nitrogens with zero attached hydrogens (tertiary/aromatic N) is 1. The largest absolute Gasteiger partial charge is 0.463 e. The number of carbonyl (C=O) groups is 4. The van der Waals surface area contributed by atoms with Crippen molar-refractivity contribution in [3.63, 3.8) is 0 Å². The Morgan fingerprint density at radius 2 is 0.753 bits per heavy atom.